The first kappa shape index (κ1) is 22.1. The number of Topliss-reactive ketones (excluding diaryl/α,β-unsaturated/α-hetero) is 1. The van der Waals surface area contributed by atoms with E-state index < -0.39 is 0 Å². The van der Waals surface area contributed by atoms with Gasteiger partial charge in [-0.15, -0.1) is 0 Å². The number of rotatable bonds is 8. The topological polar surface area (TPSA) is 55.8 Å². The van der Waals surface area contributed by atoms with Crippen LogP contribution >= 0.6 is 24.0 Å². The molecule has 2 aromatic rings. The van der Waals surface area contributed by atoms with Gasteiger partial charge in [0.1, 0.15) is 18.1 Å². The maximum absolute atomic E-state index is 12.2. The van der Waals surface area contributed by atoms with Crippen LogP contribution in [0.5, 0.6) is 11.5 Å². The maximum Gasteiger partial charge on any atom is 0.270 e. The summed E-state index contributed by atoms with van der Waals surface area (Å²) in [6.45, 7) is 7.69. The molecule has 1 aliphatic rings. The average molecular weight is 442 g/mol. The fourth-order valence-corrected chi connectivity index (χ4v) is 4.47. The molecule has 1 amide bonds. The third-order valence-corrected chi connectivity index (χ3v) is 5.98. The molecule has 1 saturated heterocycles. The summed E-state index contributed by atoms with van der Waals surface area (Å²) in [7, 11) is 1.58. The number of hydrogen-bond donors (Lipinski definition) is 0. The van der Waals surface area contributed by atoms with Crippen LogP contribution in [0.4, 0.5) is 5.69 Å². The second-order valence-electron chi connectivity index (χ2n) is 6.80. The van der Waals surface area contributed by atoms with E-state index in [0.29, 0.717) is 38.6 Å². The molecule has 0 radical (unpaired) electrons. The SMILES string of the molecule is C=C1SC(=S)N(c2ccc(OCc3ccc(C(C)=O)c(OC)c3CCC)cc2)C1=O. The van der Waals surface area contributed by atoms with Gasteiger partial charge in [0.25, 0.3) is 5.91 Å². The van der Waals surface area contributed by atoms with Gasteiger partial charge < -0.3 is 9.47 Å². The fraction of sp³-hybridized carbons (Fsp3) is 0.261. The molecule has 1 aliphatic heterocycles. The lowest BCUT2D eigenvalue weighted by atomic mass is 9.97. The summed E-state index contributed by atoms with van der Waals surface area (Å²) >= 11 is 6.46. The zero-order valence-corrected chi connectivity index (χ0v) is 18.8. The first-order valence-corrected chi connectivity index (χ1v) is 10.8. The van der Waals surface area contributed by atoms with Crippen molar-refractivity contribution in [1.29, 1.82) is 0 Å². The molecule has 0 N–H and O–H groups in total. The third kappa shape index (κ3) is 4.42. The molecule has 0 atom stereocenters. The number of ketones is 1. The number of carbonyl (C=O) groups excluding carboxylic acids is 2. The molecule has 0 aliphatic carbocycles. The highest BCUT2D eigenvalue weighted by Gasteiger charge is 2.31. The zero-order valence-electron chi connectivity index (χ0n) is 17.2. The molecular weight excluding hydrogens is 418 g/mol. The Bertz CT molecular complexity index is 1010. The molecule has 2 aromatic carbocycles. The van der Waals surface area contributed by atoms with Gasteiger partial charge in [0.05, 0.1) is 23.3 Å². The molecule has 0 saturated carbocycles. The van der Waals surface area contributed by atoms with Crippen LogP contribution in [0.15, 0.2) is 47.9 Å². The normalized spacial score (nSPS) is 13.7. The monoisotopic (exact) mass is 441 g/mol. The second kappa shape index (κ2) is 9.45. The highest BCUT2D eigenvalue weighted by molar-refractivity contribution is 8.27. The summed E-state index contributed by atoms with van der Waals surface area (Å²) in [5, 5.41) is 0. The Morgan fingerprint density at radius 1 is 1.20 bits per heavy atom. The number of hydrogen-bond acceptors (Lipinski definition) is 6. The minimum absolute atomic E-state index is 0.0255. The van der Waals surface area contributed by atoms with Gasteiger partial charge in [0, 0.05) is 5.56 Å². The van der Waals surface area contributed by atoms with Crippen LogP contribution in [0.3, 0.4) is 0 Å². The van der Waals surface area contributed by atoms with Crippen LogP contribution in [0, 0.1) is 0 Å². The summed E-state index contributed by atoms with van der Waals surface area (Å²) in [6, 6.07) is 10.9. The Morgan fingerprint density at radius 3 is 2.43 bits per heavy atom. The molecule has 156 valence electrons. The number of ether oxygens (including phenoxy) is 2. The van der Waals surface area contributed by atoms with Crippen molar-refractivity contribution in [3.05, 3.63) is 64.6 Å². The molecule has 5 nitrogen and oxygen atoms in total. The summed E-state index contributed by atoms with van der Waals surface area (Å²) in [5.41, 5.74) is 3.24. The van der Waals surface area contributed by atoms with E-state index in [4.69, 9.17) is 21.7 Å². The lowest BCUT2D eigenvalue weighted by molar-refractivity contribution is -0.113. The molecule has 0 spiro atoms. The van der Waals surface area contributed by atoms with Gasteiger partial charge >= 0.3 is 0 Å². The molecule has 1 fully saturated rings. The van der Waals surface area contributed by atoms with Gasteiger partial charge in [-0.05, 0) is 49.2 Å². The number of methoxy groups -OCH3 is 1. The molecule has 1 heterocycles. The predicted octanol–water partition coefficient (Wildman–Crippen LogP) is 5.31. The van der Waals surface area contributed by atoms with E-state index in [1.807, 2.05) is 6.07 Å². The van der Waals surface area contributed by atoms with E-state index in [1.165, 1.54) is 23.6 Å². The standard InChI is InChI=1S/C23H23NO4S2/c1-5-6-20-16(7-12-19(14(2)25)21(20)27-4)13-28-18-10-8-17(9-11-18)24-22(26)15(3)30-23(24)29/h7-12H,3,5-6,13H2,1-2,4H3. The van der Waals surface area contributed by atoms with Gasteiger partial charge in [0.15, 0.2) is 10.1 Å². The first-order chi connectivity index (χ1) is 14.4. The second-order valence-corrected chi connectivity index (χ2v) is 8.53. The molecule has 0 aromatic heterocycles. The van der Waals surface area contributed by atoms with Crippen LogP contribution in [-0.2, 0) is 17.8 Å². The molecule has 30 heavy (non-hydrogen) atoms. The maximum atomic E-state index is 12.2. The summed E-state index contributed by atoms with van der Waals surface area (Å²) in [4.78, 5) is 26.0. The van der Waals surface area contributed by atoms with E-state index >= 15 is 0 Å². The van der Waals surface area contributed by atoms with Crippen LogP contribution in [-0.4, -0.2) is 23.1 Å². The zero-order chi connectivity index (χ0) is 21.8. The lowest BCUT2D eigenvalue weighted by Crippen LogP contribution is -2.27. The number of anilines is 1. The first-order valence-electron chi connectivity index (χ1n) is 9.55. The average Bonchev–Trinajstić information content (AvgIpc) is 2.98. The van der Waals surface area contributed by atoms with Crippen LogP contribution in [0.2, 0.25) is 0 Å². The van der Waals surface area contributed by atoms with E-state index in [0.717, 1.165) is 24.0 Å². The van der Waals surface area contributed by atoms with Crippen LogP contribution < -0.4 is 14.4 Å². The highest BCUT2D eigenvalue weighted by Crippen LogP contribution is 2.34. The Labute approximate surface area is 186 Å². The molecule has 7 heteroatoms. The van der Waals surface area contributed by atoms with Crippen LogP contribution in [0.25, 0.3) is 0 Å². The van der Waals surface area contributed by atoms with Gasteiger partial charge in [-0.2, -0.15) is 0 Å². The number of nitrogens with zero attached hydrogens (tertiary/aromatic N) is 1. The summed E-state index contributed by atoms with van der Waals surface area (Å²) in [6.07, 6.45) is 1.71. The van der Waals surface area contributed by atoms with Crippen molar-refractivity contribution in [2.24, 2.45) is 0 Å². The van der Waals surface area contributed by atoms with Crippen molar-refractivity contribution in [3.8, 4) is 11.5 Å². The number of thiocarbonyl (C=S) groups is 1. The van der Waals surface area contributed by atoms with Crippen molar-refractivity contribution in [3.63, 3.8) is 0 Å². The number of carbonyl (C=O) groups is 2. The van der Waals surface area contributed by atoms with E-state index in [2.05, 4.69) is 13.5 Å². The van der Waals surface area contributed by atoms with Crippen molar-refractivity contribution >= 4 is 45.7 Å². The fourth-order valence-electron chi connectivity index (χ4n) is 3.32. The quantitative estimate of drug-likeness (QED) is 0.314. The molecular formula is C23H23NO4S2. The highest BCUT2D eigenvalue weighted by atomic mass is 32.2. The number of benzene rings is 2. The number of amides is 1. The Balaban J connectivity index is 1.79. The smallest absolute Gasteiger partial charge is 0.270 e. The van der Waals surface area contributed by atoms with Crippen molar-refractivity contribution in [2.45, 2.75) is 33.3 Å². The molecule has 0 bridgehead atoms. The van der Waals surface area contributed by atoms with E-state index in [-0.39, 0.29) is 11.7 Å². The van der Waals surface area contributed by atoms with Gasteiger partial charge in [-0.3, -0.25) is 14.5 Å². The van der Waals surface area contributed by atoms with Crippen LogP contribution in [0.1, 0.15) is 41.8 Å². The Morgan fingerprint density at radius 2 is 1.90 bits per heavy atom. The minimum Gasteiger partial charge on any atom is -0.496 e. The summed E-state index contributed by atoms with van der Waals surface area (Å²) in [5.74, 6) is 1.07. The summed E-state index contributed by atoms with van der Waals surface area (Å²) < 4.78 is 12.0. The van der Waals surface area contributed by atoms with Gasteiger partial charge in [-0.25, -0.2) is 0 Å². The van der Waals surface area contributed by atoms with Crippen molar-refractivity contribution < 1.29 is 19.1 Å². The Hall–Kier alpha value is -2.64. The van der Waals surface area contributed by atoms with E-state index in [1.54, 1.807) is 37.4 Å². The van der Waals surface area contributed by atoms with Crippen molar-refractivity contribution in [1.82, 2.24) is 0 Å². The molecule has 0 unspecified atom stereocenters. The largest absolute Gasteiger partial charge is 0.496 e. The molecule has 3 rings (SSSR count). The third-order valence-electron chi connectivity index (χ3n) is 4.76. The van der Waals surface area contributed by atoms with Gasteiger partial charge in [0.2, 0.25) is 0 Å². The van der Waals surface area contributed by atoms with Crippen molar-refractivity contribution in [2.75, 3.05) is 12.0 Å². The van der Waals surface area contributed by atoms with Gasteiger partial charge in [-0.1, -0.05) is 50.0 Å². The minimum atomic E-state index is -0.194. The van der Waals surface area contributed by atoms with E-state index in [9.17, 15) is 9.59 Å². The number of thioether (sulfide) groups is 1. The Kier molecular flexibility index (Phi) is 6.95. The lowest BCUT2D eigenvalue weighted by Gasteiger charge is -2.18. The predicted molar refractivity (Wildman–Crippen MR) is 125 cm³/mol.